The molecule has 0 aliphatic rings. The number of likely N-dealkylation sites (N-methyl/N-ethyl adjacent to an activating group) is 1. The second-order valence-electron chi connectivity index (χ2n) is 4.41. The van der Waals surface area contributed by atoms with Crippen LogP contribution >= 0.6 is 0 Å². The second kappa shape index (κ2) is 9.60. The van der Waals surface area contributed by atoms with Crippen LogP contribution in [0.4, 0.5) is 0 Å². The molecule has 2 N–H and O–H groups in total. The van der Waals surface area contributed by atoms with Gasteiger partial charge in [0.1, 0.15) is 0 Å². The number of hydrogen-bond donors (Lipinski definition) is 1. The molecule has 4 heteroatoms. The quantitative estimate of drug-likeness (QED) is 0.598. The molecule has 0 heterocycles. The van der Waals surface area contributed by atoms with E-state index >= 15 is 0 Å². The Hall–Kier alpha value is -0.610. The topological polar surface area (TPSA) is 49.6 Å². The molecule has 0 aromatic carbocycles. The highest BCUT2D eigenvalue weighted by atomic mass is 16.2. The molecule has 4 nitrogen and oxygen atoms in total. The molecule has 0 aromatic rings. The number of carbonyl (C=O) groups excluding carboxylic acids is 1. The Labute approximate surface area is 99.8 Å². The van der Waals surface area contributed by atoms with Crippen LogP contribution in [0.25, 0.3) is 0 Å². The number of rotatable bonds is 9. The monoisotopic (exact) mass is 229 g/mol. The van der Waals surface area contributed by atoms with Gasteiger partial charge in [0.15, 0.2) is 0 Å². The van der Waals surface area contributed by atoms with Crippen molar-refractivity contribution in [3.63, 3.8) is 0 Å². The maximum atomic E-state index is 11.6. The van der Waals surface area contributed by atoms with Crippen molar-refractivity contribution in [2.45, 2.75) is 32.6 Å². The minimum absolute atomic E-state index is 0.187. The number of nitrogens with zero attached hydrogens (tertiary/aromatic N) is 2. The van der Waals surface area contributed by atoms with E-state index in [1.165, 1.54) is 0 Å². The van der Waals surface area contributed by atoms with Gasteiger partial charge in [-0.25, -0.2) is 0 Å². The number of hydrogen-bond acceptors (Lipinski definition) is 3. The Morgan fingerprint density at radius 3 is 2.31 bits per heavy atom. The fraction of sp³-hybridized carbons (Fsp3) is 0.917. The van der Waals surface area contributed by atoms with Gasteiger partial charge >= 0.3 is 0 Å². The molecule has 96 valence electrons. The van der Waals surface area contributed by atoms with Crippen molar-refractivity contribution in [2.75, 3.05) is 40.3 Å². The summed E-state index contributed by atoms with van der Waals surface area (Å²) in [5, 5.41) is 0. The third-order valence-electron chi connectivity index (χ3n) is 2.58. The van der Waals surface area contributed by atoms with Crippen molar-refractivity contribution in [3.05, 3.63) is 0 Å². The van der Waals surface area contributed by atoms with E-state index in [-0.39, 0.29) is 5.91 Å². The molecule has 0 rings (SSSR count). The molecular weight excluding hydrogens is 202 g/mol. The van der Waals surface area contributed by atoms with Gasteiger partial charge in [0.05, 0.1) is 6.54 Å². The van der Waals surface area contributed by atoms with Crippen molar-refractivity contribution in [3.8, 4) is 0 Å². The molecule has 0 saturated heterocycles. The molecule has 0 saturated carbocycles. The Balaban J connectivity index is 3.82. The average Bonchev–Trinajstić information content (AvgIpc) is 2.24. The summed E-state index contributed by atoms with van der Waals surface area (Å²) in [5.41, 5.74) is 5.45. The lowest BCUT2D eigenvalue weighted by molar-refractivity contribution is -0.129. The molecule has 16 heavy (non-hydrogen) atoms. The SMILES string of the molecule is CCCN(CCCCCN)CC(=O)N(C)C. The van der Waals surface area contributed by atoms with Crippen molar-refractivity contribution in [1.82, 2.24) is 9.80 Å². The summed E-state index contributed by atoms with van der Waals surface area (Å²) >= 11 is 0. The van der Waals surface area contributed by atoms with Gasteiger partial charge in [-0.15, -0.1) is 0 Å². The van der Waals surface area contributed by atoms with Gasteiger partial charge in [0.25, 0.3) is 0 Å². The molecule has 0 spiro atoms. The van der Waals surface area contributed by atoms with Crippen LogP contribution in [-0.2, 0) is 4.79 Å². The highest BCUT2D eigenvalue weighted by Crippen LogP contribution is 2.00. The Morgan fingerprint density at radius 1 is 1.12 bits per heavy atom. The lowest BCUT2D eigenvalue weighted by atomic mass is 10.2. The summed E-state index contributed by atoms with van der Waals surface area (Å²) in [5.74, 6) is 0.187. The highest BCUT2D eigenvalue weighted by Gasteiger charge is 2.10. The van der Waals surface area contributed by atoms with Crippen LogP contribution in [0.15, 0.2) is 0 Å². The van der Waals surface area contributed by atoms with Crippen LogP contribution in [0.1, 0.15) is 32.6 Å². The lowest BCUT2D eigenvalue weighted by Gasteiger charge is -2.22. The molecule has 0 aromatic heterocycles. The number of amides is 1. The first-order chi connectivity index (χ1) is 7.61. The van der Waals surface area contributed by atoms with Gasteiger partial charge in [0.2, 0.25) is 5.91 Å². The maximum absolute atomic E-state index is 11.6. The minimum Gasteiger partial charge on any atom is -0.348 e. The van der Waals surface area contributed by atoms with Gasteiger partial charge in [0, 0.05) is 14.1 Å². The average molecular weight is 229 g/mol. The Kier molecular flexibility index (Phi) is 9.24. The van der Waals surface area contributed by atoms with Crippen LogP contribution in [0.2, 0.25) is 0 Å². The minimum atomic E-state index is 0.187. The fourth-order valence-electron chi connectivity index (χ4n) is 1.58. The summed E-state index contributed by atoms with van der Waals surface area (Å²) < 4.78 is 0. The fourth-order valence-corrected chi connectivity index (χ4v) is 1.58. The van der Waals surface area contributed by atoms with E-state index < -0.39 is 0 Å². The van der Waals surface area contributed by atoms with Gasteiger partial charge in [-0.2, -0.15) is 0 Å². The van der Waals surface area contributed by atoms with Gasteiger partial charge in [-0.3, -0.25) is 9.69 Å². The van der Waals surface area contributed by atoms with E-state index in [2.05, 4.69) is 11.8 Å². The first-order valence-corrected chi connectivity index (χ1v) is 6.24. The first kappa shape index (κ1) is 15.4. The van der Waals surface area contributed by atoms with E-state index in [9.17, 15) is 4.79 Å². The largest absolute Gasteiger partial charge is 0.348 e. The number of unbranched alkanes of at least 4 members (excludes halogenated alkanes) is 2. The zero-order valence-electron chi connectivity index (χ0n) is 11.0. The van der Waals surface area contributed by atoms with Crippen LogP contribution in [-0.4, -0.2) is 56.0 Å². The summed E-state index contributed by atoms with van der Waals surface area (Å²) in [6, 6.07) is 0. The number of carbonyl (C=O) groups is 1. The van der Waals surface area contributed by atoms with Crippen molar-refractivity contribution in [2.24, 2.45) is 5.73 Å². The predicted octanol–water partition coefficient (Wildman–Crippen LogP) is 0.916. The van der Waals surface area contributed by atoms with E-state index in [1.54, 1.807) is 19.0 Å². The molecule has 0 aliphatic heterocycles. The molecule has 0 atom stereocenters. The van der Waals surface area contributed by atoms with Gasteiger partial charge < -0.3 is 10.6 Å². The van der Waals surface area contributed by atoms with E-state index in [4.69, 9.17) is 5.73 Å². The zero-order valence-corrected chi connectivity index (χ0v) is 11.0. The van der Waals surface area contributed by atoms with E-state index in [0.29, 0.717) is 6.54 Å². The normalized spacial score (nSPS) is 10.8. The van der Waals surface area contributed by atoms with E-state index in [1.807, 2.05) is 0 Å². The van der Waals surface area contributed by atoms with Gasteiger partial charge in [-0.1, -0.05) is 13.3 Å². The third-order valence-corrected chi connectivity index (χ3v) is 2.58. The first-order valence-electron chi connectivity index (χ1n) is 6.24. The predicted molar refractivity (Wildman–Crippen MR) is 68.3 cm³/mol. The summed E-state index contributed by atoms with van der Waals surface area (Å²) in [6.45, 7) is 5.47. The van der Waals surface area contributed by atoms with Gasteiger partial charge in [-0.05, 0) is 38.9 Å². The van der Waals surface area contributed by atoms with Crippen LogP contribution in [0, 0.1) is 0 Å². The Bertz CT molecular complexity index is 183. The van der Waals surface area contributed by atoms with E-state index in [0.717, 1.165) is 45.3 Å². The van der Waals surface area contributed by atoms with Crippen molar-refractivity contribution in [1.29, 1.82) is 0 Å². The summed E-state index contributed by atoms with van der Waals surface area (Å²) in [6.07, 6.45) is 4.48. The van der Waals surface area contributed by atoms with Crippen molar-refractivity contribution < 1.29 is 4.79 Å². The van der Waals surface area contributed by atoms with Crippen LogP contribution in [0.5, 0.6) is 0 Å². The maximum Gasteiger partial charge on any atom is 0.236 e. The molecule has 1 amide bonds. The lowest BCUT2D eigenvalue weighted by Crippen LogP contribution is -2.37. The molecule has 0 radical (unpaired) electrons. The van der Waals surface area contributed by atoms with Crippen molar-refractivity contribution >= 4 is 5.91 Å². The summed E-state index contributed by atoms with van der Waals surface area (Å²) in [7, 11) is 3.61. The van der Waals surface area contributed by atoms with Crippen LogP contribution in [0.3, 0.4) is 0 Å². The second-order valence-corrected chi connectivity index (χ2v) is 4.41. The number of nitrogens with two attached hydrogens (primary N) is 1. The highest BCUT2D eigenvalue weighted by molar-refractivity contribution is 5.77. The molecule has 0 fully saturated rings. The molecule has 0 unspecified atom stereocenters. The molecule has 0 aliphatic carbocycles. The van der Waals surface area contributed by atoms with Crippen LogP contribution < -0.4 is 5.73 Å². The molecule has 0 bridgehead atoms. The zero-order chi connectivity index (χ0) is 12.4. The Morgan fingerprint density at radius 2 is 1.81 bits per heavy atom. The third kappa shape index (κ3) is 7.65. The smallest absolute Gasteiger partial charge is 0.236 e. The molecular formula is C12H27N3O. The standard InChI is InChI=1S/C12H27N3O/c1-4-9-15(10-7-5-6-8-13)11-12(16)14(2)3/h4-11,13H2,1-3H3. The summed E-state index contributed by atoms with van der Waals surface area (Å²) in [4.78, 5) is 15.5.